The van der Waals surface area contributed by atoms with E-state index in [0.29, 0.717) is 0 Å². The summed E-state index contributed by atoms with van der Waals surface area (Å²) in [7, 11) is 0. The van der Waals surface area contributed by atoms with Crippen LogP contribution in [0, 0.1) is 59.2 Å². The van der Waals surface area contributed by atoms with Crippen LogP contribution in [0.25, 0.3) is 0 Å². The van der Waals surface area contributed by atoms with Gasteiger partial charge in [-0.05, 0) is 84.9 Å². The van der Waals surface area contributed by atoms with Crippen molar-refractivity contribution in [3.8, 4) is 0 Å². The lowest BCUT2D eigenvalue weighted by atomic mass is 9.48. The minimum Gasteiger partial charge on any atom is -0.0496 e. The van der Waals surface area contributed by atoms with E-state index in [0.717, 1.165) is 0 Å². The van der Waals surface area contributed by atoms with Gasteiger partial charge in [-0.2, -0.15) is 0 Å². The van der Waals surface area contributed by atoms with Crippen LogP contribution in [0.15, 0.2) is 0 Å². The molecule has 0 amide bonds. The second-order valence-electron chi connectivity index (χ2n) is 7.35. The lowest BCUT2D eigenvalue weighted by Gasteiger charge is -2.57. The van der Waals surface area contributed by atoms with E-state index in [4.69, 9.17) is 0 Å². The van der Waals surface area contributed by atoms with Crippen LogP contribution in [-0.4, -0.2) is 0 Å². The standard InChI is InChI=1S/C14H18/c1-2-7-11-6(1)10-5-3-8-9(4-5)14(12(7)10)13(8)11/h5-14H,1-4H2. The Kier molecular flexibility index (Phi) is 0.758. The zero-order valence-electron chi connectivity index (χ0n) is 8.60. The van der Waals surface area contributed by atoms with Gasteiger partial charge in [0.05, 0.1) is 0 Å². The Balaban J connectivity index is 1.69. The van der Waals surface area contributed by atoms with Crippen LogP contribution < -0.4 is 0 Å². The Morgan fingerprint density at radius 1 is 0.500 bits per heavy atom. The molecule has 0 aromatic heterocycles. The maximum atomic E-state index is 1.69. The molecule has 0 aliphatic heterocycles. The predicted octanol–water partition coefficient (Wildman–Crippen LogP) is 2.79. The molecule has 6 aliphatic rings. The zero-order chi connectivity index (χ0) is 8.60. The molecule has 6 bridgehead atoms. The first-order valence-corrected chi connectivity index (χ1v) is 6.95. The zero-order valence-corrected chi connectivity index (χ0v) is 8.60. The Hall–Kier alpha value is 0. The van der Waals surface area contributed by atoms with Gasteiger partial charge in [-0.25, -0.2) is 0 Å². The summed E-state index contributed by atoms with van der Waals surface area (Å²) >= 11 is 0. The van der Waals surface area contributed by atoms with Crippen molar-refractivity contribution in [2.45, 2.75) is 25.7 Å². The second kappa shape index (κ2) is 1.62. The highest BCUT2D eigenvalue weighted by Crippen LogP contribution is 2.84. The van der Waals surface area contributed by atoms with Gasteiger partial charge in [0.25, 0.3) is 0 Å². The quantitative estimate of drug-likeness (QED) is 0.545. The topological polar surface area (TPSA) is 0 Å². The van der Waals surface area contributed by atoms with Gasteiger partial charge in [-0.15, -0.1) is 0 Å². The molecular formula is C14H18. The largest absolute Gasteiger partial charge is 0.0496 e. The Morgan fingerprint density at radius 3 is 1.86 bits per heavy atom. The minimum absolute atomic E-state index is 1.23. The first kappa shape index (κ1) is 6.55. The highest BCUT2D eigenvalue weighted by atomic mass is 14.8. The predicted molar refractivity (Wildman–Crippen MR) is 53.4 cm³/mol. The summed E-state index contributed by atoms with van der Waals surface area (Å²) in [6.45, 7) is 0. The lowest BCUT2D eigenvalue weighted by molar-refractivity contribution is -0.0978. The fraction of sp³-hybridized carbons (Fsp3) is 1.00. The molecule has 74 valence electrons. The van der Waals surface area contributed by atoms with E-state index in [2.05, 4.69) is 0 Å². The Bertz CT molecular complexity index is 344. The van der Waals surface area contributed by atoms with Crippen molar-refractivity contribution in [2.24, 2.45) is 59.2 Å². The summed E-state index contributed by atoms with van der Waals surface area (Å²) in [5.74, 6) is 12.7. The molecule has 10 atom stereocenters. The van der Waals surface area contributed by atoms with Crippen molar-refractivity contribution in [1.82, 2.24) is 0 Å². The maximum Gasteiger partial charge on any atom is -0.0315 e. The van der Waals surface area contributed by atoms with E-state index in [1.54, 1.807) is 25.7 Å². The third kappa shape index (κ3) is 0.390. The summed E-state index contributed by atoms with van der Waals surface area (Å²) in [6, 6.07) is 0. The summed E-state index contributed by atoms with van der Waals surface area (Å²) in [5.41, 5.74) is 0. The Labute approximate surface area is 85.4 Å². The SMILES string of the molecule is C1CC2C3C1C1C4CC5C(C4)C(C21)C53. The van der Waals surface area contributed by atoms with Crippen LogP contribution in [0.2, 0.25) is 0 Å². The third-order valence-electron chi connectivity index (χ3n) is 7.82. The highest BCUT2D eigenvalue weighted by Gasteiger charge is 2.79. The normalized spacial score (nSPS) is 84.0. The number of hydrogen-bond acceptors (Lipinski definition) is 0. The van der Waals surface area contributed by atoms with Gasteiger partial charge in [0, 0.05) is 0 Å². The fourth-order valence-electron chi connectivity index (χ4n) is 8.19. The summed E-state index contributed by atoms with van der Waals surface area (Å²) in [5, 5.41) is 0. The summed E-state index contributed by atoms with van der Waals surface area (Å²) < 4.78 is 0. The Morgan fingerprint density at radius 2 is 1.07 bits per heavy atom. The monoisotopic (exact) mass is 186 g/mol. The fourth-order valence-corrected chi connectivity index (χ4v) is 8.19. The summed E-state index contributed by atoms with van der Waals surface area (Å²) in [6.07, 6.45) is 6.67. The van der Waals surface area contributed by atoms with Crippen molar-refractivity contribution in [3.63, 3.8) is 0 Å². The van der Waals surface area contributed by atoms with Gasteiger partial charge in [-0.3, -0.25) is 0 Å². The average molecular weight is 186 g/mol. The average Bonchev–Trinajstić information content (AvgIpc) is 2.80. The molecule has 0 saturated heterocycles. The molecule has 0 N–H and O–H groups in total. The molecule has 0 aromatic carbocycles. The van der Waals surface area contributed by atoms with Crippen molar-refractivity contribution in [3.05, 3.63) is 0 Å². The van der Waals surface area contributed by atoms with Gasteiger partial charge in [0.15, 0.2) is 0 Å². The summed E-state index contributed by atoms with van der Waals surface area (Å²) in [4.78, 5) is 0. The van der Waals surface area contributed by atoms with Gasteiger partial charge < -0.3 is 0 Å². The number of rotatable bonds is 0. The molecule has 10 unspecified atom stereocenters. The van der Waals surface area contributed by atoms with Gasteiger partial charge in [0.2, 0.25) is 0 Å². The van der Waals surface area contributed by atoms with E-state index >= 15 is 0 Å². The van der Waals surface area contributed by atoms with Crippen LogP contribution in [-0.2, 0) is 0 Å². The number of hydrogen-bond donors (Lipinski definition) is 0. The lowest BCUT2D eigenvalue weighted by Crippen LogP contribution is -2.53. The molecule has 0 spiro atoms. The van der Waals surface area contributed by atoms with Crippen molar-refractivity contribution < 1.29 is 0 Å². The van der Waals surface area contributed by atoms with Crippen LogP contribution in [0.4, 0.5) is 0 Å². The maximum absolute atomic E-state index is 1.69. The minimum atomic E-state index is 1.23. The van der Waals surface area contributed by atoms with E-state index in [1.807, 2.05) is 0 Å². The van der Waals surface area contributed by atoms with E-state index in [1.165, 1.54) is 59.2 Å². The molecule has 6 rings (SSSR count). The van der Waals surface area contributed by atoms with E-state index in [-0.39, 0.29) is 0 Å². The smallest absolute Gasteiger partial charge is 0.0315 e. The molecule has 6 fully saturated rings. The van der Waals surface area contributed by atoms with E-state index in [9.17, 15) is 0 Å². The van der Waals surface area contributed by atoms with Crippen LogP contribution in [0.3, 0.4) is 0 Å². The molecular weight excluding hydrogens is 168 g/mol. The van der Waals surface area contributed by atoms with Gasteiger partial charge in [-0.1, -0.05) is 0 Å². The molecule has 0 radical (unpaired) electrons. The highest BCUT2D eigenvalue weighted by molar-refractivity contribution is 5.26. The molecule has 6 aliphatic carbocycles. The van der Waals surface area contributed by atoms with Crippen molar-refractivity contribution in [1.29, 1.82) is 0 Å². The number of fused-ring (bicyclic) bond motifs is 4. The first-order chi connectivity index (χ1) is 6.95. The van der Waals surface area contributed by atoms with Gasteiger partial charge in [0.1, 0.15) is 0 Å². The molecule has 6 saturated carbocycles. The van der Waals surface area contributed by atoms with Gasteiger partial charge >= 0.3 is 0 Å². The van der Waals surface area contributed by atoms with Crippen molar-refractivity contribution in [2.75, 3.05) is 0 Å². The van der Waals surface area contributed by atoms with E-state index < -0.39 is 0 Å². The molecule has 0 nitrogen and oxygen atoms in total. The second-order valence-corrected chi connectivity index (χ2v) is 7.35. The molecule has 0 heteroatoms. The first-order valence-electron chi connectivity index (χ1n) is 6.95. The molecule has 14 heavy (non-hydrogen) atoms. The molecule has 0 aromatic rings. The van der Waals surface area contributed by atoms with Crippen LogP contribution >= 0.6 is 0 Å². The van der Waals surface area contributed by atoms with Crippen molar-refractivity contribution >= 4 is 0 Å². The third-order valence-corrected chi connectivity index (χ3v) is 7.82. The van der Waals surface area contributed by atoms with Crippen LogP contribution in [0.1, 0.15) is 25.7 Å². The molecule has 0 heterocycles. The van der Waals surface area contributed by atoms with Crippen LogP contribution in [0.5, 0.6) is 0 Å².